The molecule has 2 amide bonds. The van der Waals surface area contributed by atoms with E-state index < -0.39 is 17.7 Å². The van der Waals surface area contributed by atoms with Crippen LogP contribution in [0.3, 0.4) is 0 Å². The van der Waals surface area contributed by atoms with Gasteiger partial charge >= 0.3 is 6.09 Å². The average molecular weight is 649 g/mol. The van der Waals surface area contributed by atoms with E-state index in [1.165, 1.54) is 11.8 Å². The van der Waals surface area contributed by atoms with E-state index in [1.807, 2.05) is 21.6 Å². The molecule has 0 radical (unpaired) electrons. The maximum absolute atomic E-state index is 12.9. The zero-order valence-electron chi connectivity index (χ0n) is 23.5. The lowest BCUT2D eigenvalue weighted by Gasteiger charge is -2.34. The lowest BCUT2D eigenvalue weighted by atomic mass is 9.93. The van der Waals surface area contributed by atoms with Crippen LogP contribution in [-0.4, -0.2) is 67.9 Å². The number of benzene rings is 1. The first kappa shape index (κ1) is 29.2. The zero-order valence-corrected chi connectivity index (χ0v) is 25.9. The number of aryl methyl sites for hydroxylation is 1. The maximum Gasteiger partial charge on any atom is 0.408 e. The van der Waals surface area contributed by atoms with Gasteiger partial charge in [-0.05, 0) is 92.7 Å². The van der Waals surface area contributed by atoms with Crippen LogP contribution in [0.4, 0.5) is 10.6 Å². The van der Waals surface area contributed by atoms with Crippen LogP contribution in [0.1, 0.15) is 47.0 Å². The summed E-state index contributed by atoms with van der Waals surface area (Å²) < 4.78 is 19.1. The van der Waals surface area contributed by atoms with E-state index in [9.17, 15) is 9.59 Å². The molecule has 1 fully saturated rings. The van der Waals surface area contributed by atoms with Crippen LogP contribution in [-0.2, 0) is 16.1 Å². The molecule has 3 N–H and O–H groups in total. The summed E-state index contributed by atoms with van der Waals surface area (Å²) in [5.74, 6) is 2.74. The highest BCUT2D eigenvalue weighted by Gasteiger charge is 2.29. The van der Waals surface area contributed by atoms with Gasteiger partial charge in [0.25, 0.3) is 0 Å². The smallest absolute Gasteiger partial charge is 0.408 e. The van der Waals surface area contributed by atoms with E-state index in [2.05, 4.69) is 31.2 Å². The molecular weight excluding hydrogens is 614 g/mol. The fourth-order valence-electron chi connectivity index (χ4n) is 4.80. The van der Waals surface area contributed by atoms with Gasteiger partial charge in [-0.15, -0.1) is 0 Å². The van der Waals surface area contributed by atoms with E-state index in [0.717, 1.165) is 28.6 Å². The van der Waals surface area contributed by atoms with Gasteiger partial charge in [0.2, 0.25) is 12.7 Å². The molecule has 0 aromatic heterocycles. The number of nitrogens with two attached hydrogens (primary N) is 1. The summed E-state index contributed by atoms with van der Waals surface area (Å²) in [6, 6.07) is 3.13. The quantitative estimate of drug-likeness (QED) is 0.374. The average Bonchev–Trinajstić information content (AvgIpc) is 3.54. The van der Waals surface area contributed by atoms with Crippen molar-refractivity contribution < 1.29 is 23.8 Å². The van der Waals surface area contributed by atoms with Crippen molar-refractivity contribution in [3.05, 3.63) is 22.9 Å². The number of nitrogens with one attached hydrogen (secondary N) is 1. The number of likely N-dealkylation sites (tertiary alicyclic amines) is 1. The number of rotatable bonds is 7. The Balaban J connectivity index is 1.17. The lowest BCUT2D eigenvalue weighted by Crippen LogP contribution is -2.50. The summed E-state index contributed by atoms with van der Waals surface area (Å²) in [6.45, 7) is 9.25. The molecule has 4 heterocycles. The van der Waals surface area contributed by atoms with Crippen LogP contribution in [0, 0.1) is 5.92 Å². The number of ether oxygens (including phenoxy) is 3. The summed E-state index contributed by atoms with van der Waals surface area (Å²) in [5, 5.41) is 3.21. The summed E-state index contributed by atoms with van der Waals surface area (Å²) in [7, 11) is 0. The van der Waals surface area contributed by atoms with Gasteiger partial charge in [-0.2, -0.15) is 0 Å². The molecule has 1 saturated heterocycles. The molecule has 41 heavy (non-hydrogen) atoms. The van der Waals surface area contributed by atoms with Gasteiger partial charge in [-0.25, -0.2) is 19.7 Å². The fraction of sp³-hybridized carbons (Fsp3) is 0.519. The number of hydrogen-bond acceptors (Lipinski definition) is 10. The van der Waals surface area contributed by atoms with Crippen molar-refractivity contribution in [2.75, 3.05) is 25.6 Å². The number of carbonyl (C=O) groups excluding carboxylic acids is 2. The molecule has 14 heteroatoms. The highest BCUT2D eigenvalue weighted by Crippen LogP contribution is 2.43. The van der Waals surface area contributed by atoms with E-state index in [0.29, 0.717) is 59.5 Å². The number of nitrogens with zero attached hydrogens (tertiary/aromatic N) is 5. The maximum atomic E-state index is 12.9. The number of alkyl carbamates (subject to hydrolysis) is 1. The molecular formula is C27H34BrN7O5S. The molecule has 0 bridgehead atoms. The number of imidazole rings is 1. The van der Waals surface area contributed by atoms with Gasteiger partial charge in [0.1, 0.15) is 11.6 Å². The molecule has 0 saturated carbocycles. The number of nitrogen functional groups attached to an aromatic ring is 1. The molecule has 5 rings (SSSR count). The molecule has 1 aromatic carbocycles. The van der Waals surface area contributed by atoms with Crippen LogP contribution in [0.2, 0.25) is 0 Å². The van der Waals surface area contributed by atoms with Gasteiger partial charge in [0.05, 0.1) is 6.33 Å². The highest BCUT2D eigenvalue weighted by molar-refractivity contribution is 9.10. The first-order valence-electron chi connectivity index (χ1n) is 13.5. The van der Waals surface area contributed by atoms with Crippen LogP contribution in [0.25, 0.3) is 11.5 Å². The van der Waals surface area contributed by atoms with Crippen LogP contribution >= 0.6 is 27.7 Å². The number of carbonyl (C=O) groups is 2. The van der Waals surface area contributed by atoms with Gasteiger partial charge < -0.3 is 34.7 Å². The molecule has 1 atom stereocenters. The minimum Gasteiger partial charge on any atom is -0.454 e. The normalized spacial score (nSPS) is 16.2. The molecule has 0 unspecified atom stereocenters. The second-order valence-electron chi connectivity index (χ2n) is 11.2. The fourth-order valence-corrected chi connectivity index (χ4v) is 6.16. The van der Waals surface area contributed by atoms with Gasteiger partial charge in [-0.1, -0.05) is 0 Å². The third kappa shape index (κ3) is 6.97. The first-order chi connectivity index (χ1) is 19.5. The third-order valence-electron chi connectivity index (χ3n) is 6.91. The van der Waals surface area contributed by atoms with E-state index >= 15 is 0 Å². The van der Waals surface area contributed by atoms with E-state index in [-0.39, 0.29) is 12.7 Å². The van der Waals surface area contributed by atoms with Gasteiger partial charge in [-0.3, -0.25) is 4.79 Å². The monoisotopic (exact) mass is 647 g/mol. The number of fused-ring (bicyclic) bond motifs is 2. The van der Waals surface area contributed by atoms with Gasteiger partial charge in [0, 0.05) is 29.0 Å². The van der Waals surface area contributed by atoms with Crippen molar-refractivity contribution in [2.24, 2.45) is 5.92 Å². The second-order valence-corrected chi connectivity index (χ2v) is 13.0. The Hall–Kier alpha value is -3.26. The van der Waals surface area contributed by atoms with Crippen molar-refractivity contribution in [3.63, 3.8) is 0 Å². The van der Waals surface area contributed by atoms with Crippen molar-refractivity contribution >= 4 is 45.5 Å². The summed E-state index contributed by atoms with van der Waals surface area (Å²) >= 11 is 5.00. The Morgan fingerprint density at radius 1 is 1.22 bits per heavy atom. The van der Waals surface area contributed by atoms with E-state index in [4.69, 9.17) is 24.9 Å². The van der Waals surface area contributed by atoms with Crippen LogP contribution in [0.5, 0.6) is 11.5 Å². The highest BCUT2D eigenvalue weighted by atomic mass is 79.9. The number of aromatic nitrogens is 4. The predicted molar refractivity (Wildman–Crippen MR) is 156 cm³/mol. The minimum atomic E-state index is -0.646. The molecule has 0 spiro atoms. The molecule has 220 valence electrons. The summed E-state index contributed by atoms with van der Waals surface area (Å²) in [5.41, 5.74) is 6.10. The van der Waals surface area contributed by atoms with Crippen molar-refractivity contribution in [1.29, 1.82) is 0 Å². The zero-order chi connectivity index (χ0) is 29.3. The van der Waals surface area contributed by atoms with Crippen molar-refractivity contribution in [2.45, 2.75) is 75.2 Å². The molecule has 1 aromatic rings. The Morgan fingerprint density at radius 3 is 2.63 bits per heavy atom. The van der Waals surface area contributed by atoms with Crippen LogP contribution < -0.4 is 20.5 Å². The van der Waals surface area contributed by atoms with Crippen molar-refractivity contribution in [3.8, 4) is 23.0 Å². The second kappa shape index (κ2) is 11.9. The van der Waals surface area contributed by atoms with E-state index in [1.54, 1.807) is 34.0 Å². The topological polar surface area (TPSA) is 147 Å². The number of amides is 2. The predicted octanol–water partition coefficient (Wildman–Crippen LogP) is 4.54. The molecule has 4 aliphatic heterocycles. The number of piperidine rings is 1. The third-order valence-corrected chi connectivity index (χ3v) is 8.75. The number of hydrogen-bond donors (Lipinski definition) is 2. The Labute approximate surface area is 251 Å². The summed E-state index contributed by atoms with van der Waals surface area (Å²) in [6.07, 6.45) is 3.78. The Morgan fingerprint density at radius 2 is 1.93 bits per heavy atom. The molecule has 0 aliphatic carbocycles. The summed E-state index contributed by atoms with van der Waals surface area (Å²) in [4.78, 5) is 41.4. The number of halogens is 1. The van der Waals surface area contributed by atoms with Crippen LogP contribution in [0.15, 0.2) is 33.0 Å². The SMILES string of the molecule is C[C@@H](NC(=O)OC(C)(C)C)C(=O)N1CCC(CCn2cnc(N)c3nc(Sc4cc5c(cc4Br)OCO5)nc2-3)CC1. The number of anilines is 1. The molecule has 4 aliphatic rings. The largest absolute Gasteiger partial charge is 0.454 e. The van der Waals surface area contributed by atoms with Gasteiger partial charge in [0.15, 0.2) is 34.0 Å². The Bertz CT molecular complexity index is 1400. The molecule has 12 nitrogen and oxygen atoms in total. The minimum absolute atomic E-state index is 0.0979. The first-order valence-corrected chi connectivity index (χ1v) is 15.1. The standard InChI is InChI=1S/C27H34BrN7O5S/c1-15(31-26(37)40-27(2,3)4)24(36)34-8-5-16(6-9-34)7-10-35-13-30-22(29)21-23(35)33-25(32-21)41-20-12-19-18(11-17(20)28)38-14-39-19/h11-13,15-16H,5-10,14,29H2,1-4H3,(H,31,37)/t15-/m1/s1. The Kier molecular flexibility index (Phi) is 8.50. The lowest BCUT2D eigenvalue weighted by molar-refractivity contribution is -0.134. The van der Waals surface area contributed by atoms with Crippen molar-refractivity contribution in [1.82, 2.24) is 29.7 Å².